The van der Waals surface area contributed by atoms with Gasteiger partial charge in [-0.3, -0.25) is 0 Å². The minimum atomic E-state index is 0.0827. The van der Waals surface area contributed by atoms with Gasteiger partial charge in [0.2, 0.25) is 0 Å². The Kier molecular flexibility index (Phi) is 2.54. The molecular formula is C12H15ClO. The van der Waals surface area contributed by atoms with E-state index in [1.807, 2.05) is 0 Å². The van der Waals surface area contributed by atoms with Crippen LogP contribution >= 0.6 is 11.6 Å². The summed E-state index contributed by atoms with van der Waals surface area (Å²) >= 11 is 6.03. The van der Waals surface area contributed by atoms with Crippen molar-refractivity contribution < 1.29 is 4.74 Å². The van der Waals surface area contributed by atoms with Gasteiger partial charge in [0.15, 0.2) is 0 Å². The van der Waals surface area contributed by atoms with Gasteiger partial charge >= 0.3 is 0 Å². The first kappa shape index (κ1) is 10.0. The van der Waals surface area contributed by atoms with E-state index in [1.54, 1.807) is 0 Å². The Morgan fingerprint density at radius 1 is 1.36 bits per heavy atom. The van der Waals surface area contributed by atoms with Gasteiger partial charge in [-0.15, -0.1) is 11.6 Å². The van der Waals surface area contributed by atoms with E-state index in [2.05, 4.69) is 32.0 Å². The molecule has 0 N–H and O–H groups in total. The first-order chi connectivity index (χ1) is 6.68. The van der Waals surface area contributed by atoms with Crippen LogP contribution in [0.1, 0.15) is 16.7 Å². The van der Waals surface area contributed by atoms with Crippen LogP contribution in [-0.2, 0) is 10.2 Å². The summed E-state index contributed by atoms with van der Waals surface area (Å²) in [7, 11) is 0. The van der Waals surface area contributed by atoms with Crippen LogP contribution in [0.2, 0.25) is 0 Å². The molecule has 1 heterocycles. The van der Waals surface area contributed by atoms with E-state index in [0.717, 1.165) is 13.2 Å². The number of benzene rings is 1. The molecule has 0 spiro atoms. The van der Waals surface area contributed by atoms with Crippen LogP contribution in [0.15, 0.2) is 18.2 Å². The molecule has 1 fully saturated rings. The average molecular weight is 211 g/mol. The summed E-state index contributed by atoms with van der Waals surface area (Å²) in [6.07, 6.45) is 0. The predicted molar refractivity (Wildman–Crippen MR) is 59.1 cm³/mol. The number of alkyl halides is 1. The van der Waals surface area contributed by atoms with Crippen molar-refractivity contribution in [1.29, 1.82) is 0 Å². The van der Waals surface area contributed by atoms with E-state index in [9.17, 15) is 0 Å². The quantitative estimate of drug-likeness (QED) is 0.683. The van der Waals surface area contributed by atoms with Crippen molar-refractivity contribution in [3.63, 3.8) is 0 Å². The van der Waals surface area contributed by atoms with E-state index in [0.29, 0.717) is 5.88 Å². The van der Waals surface area contributed by atoms with Crippen LogP contribution in [-0.4, -0.2) is 19.1 Å². The molecule has 1 aliphatic rings. The van der Waals surface area contributed by atoms with Crippen LogP contribution in [0.5, 0.6) is 0 Å². The zero-order valence-electron chi connectivity index (χ0n) is 8.64. The lowest BCUT2D eigenvalue weighted by Gasteiger charge is -2.41. The number of aryl methyl sites for hydroxylation is 2. The highest BCUT2D eigenvalue weighted by molar-refractivity contribution is 6.18. The molecule has 0 amide bonds. The Bertz CT molecular complexity index is 337. The molecule has 1 nitrogen and oxygen atoms in total. The Labute approximate surface area is 90.0 Å². The predicted octanol–water partition coefficient (Wildman–Crippen LogP) is 2.81. The molecule has 0 aromatic heterocycles. The third-order valence-electron chi connectivity index (χ3n) is 2.97. The molecule has 1 saturated heterocycles. The maximum atomic E-state index is 6.03. The lowest BCUT2D eigenvalue weighted by atomic mass is 9.78. The van der Waals surface area contributed by atoms with Gasteiger partial charge in [-0.05, 0) is 25.0 Å². The summed E-state index contributed by atoms with van der Waals surface area (Å²) in [4.78, 5) is 0. The molecule has 0 atom stereocenters. The minimum Gasteiger partial charge on any atom is -0.379 e. The number of halogens is 1. The van der Waals surface area contributed by atoms with Gasteiger partial charge in [0, 0.05) is 5.88 Å². The van der Waals surface area contributed by atoms with Crippen LogP contribution in [0.4, 0.5) is 0 Å². The number of hydrogen-bond donors (Lipinski definition) is 0. The molecule has 14 heavy (non-hydrogen) atoms. The molecule has 1 aliphatic heterocycles. The number of ether oxygens (including phenoxy) is 1. The molecule has 2 heteroatoms. The fraction of sp³-hybridized carbons (Fsp3) is 0.500. The lowest BCUT2D eigenvalue weighted by Crippen LogP contribution is -2.48. The van der Waals surface area contributed by atoms with E-state index in [1.165, 1.54) is 16.7 Å². The molecular weight excluding hydrogens is 196 g/mol. The zero-order chi connectivity index (χ0) is 10.2. The van der Waals surface area contributed by atoms with E-state index >= 15 is 0 Å². The normalized spacial score (nSPS) is 19.1. The standard InChI is InChI=1S/C12H15ClO/c1-9-3-4-11(10(2)5-9)12(6-13)7-14-8-12/h3-5H,6-8H2,1-2H3. The number of hydrogen-bond acceptors (Lipinski definition) is 1. The molecule has 0 saturated carbocycles. The second-order valence-electron chi connectivity index (χ2n) is 4.23. The molecule has 0 aliphatic carbocycles. The van der Waals surface area contributed by atoms with Crippen LogP contribution < -0.4 is 0 Å². The summed E-state index contributed by atoms with van der Waals surface area (Å²) < 4.78 is 5.28. The first-order valence-corrected chi connectivity index (χ1v) is 5.43. The van der Waals surface area contributed by atoms with Crippen LogP contribution in [0.3, 0.4) is 0 Å². The summed E-state index contributed by atoms with van der Waals surface area (Å²) in [5, 5.41) is 0. The lowest BCUT2D eigenvalue weighted by molar-refractivity contribution is -0.0482. The van der Waals surface area contributed by atoms with Crippen molar-refractivity contribution in [1.82, 2.24) is 0 Å². The third kappa shape index (κ3) is 1.45. The SMILES string of the molecule is Cc1ccc(C2(CCl)COC2)c(C)c1. The molecule has 1 aromatic carbocycles. The second kappa shape index (κ2) is 3.56. The second-order valence-corrected chi connectivity index (χ2v) is 4.49. The molecule has 0 bridgehead atoms. The molecule has 0 unspecified atom stereocenters. The van der Waals surface area contributed by atoms with Crippen molar-refractivity contribution in [3.05, 3.63) is 34.9 Å². The molecule has 1 aromatic rings. The Morgan fingerprint density at radius 2 is 2.07 bits per heavy atom. The minimum absolute atomic E-state index is 0.0827. The van der Waals surface area contributed by atoms with Gasteiger partial charge < -0.3 is 4.74 Å². The number of rotatable bonds is 2. The smallest absolute Gasteiger partial charge is 0.0597 e. The van der Waals surface area contributed by atoms with Gasteiger partial charge in [-0.1, -0.05) is 23.8 Å². The maximum Gasteiger partial charge on any atom is 0.0597 e. The first-order valence-electron chi connectivity index (χ1n) is 4.89. The fourth-order valence-corrected chi connectivity index (χ4v) is 2.36. The van der Waals surface area contributed by atoms with Crippen molar-refractivity contribution in [3.8, 4) is 0 Å². The highest BCUT2D eigenvalue weighted by Crippen LogP contribution is 2.35. The topological polar surface area (TPSA) is 9.23 Å². The summed E-state index contributed by atoms with van der Waals surface area (Å²) in [5.41, 5.74) is 4.06. The third-order valence-corrected chi connectivity index (χ3v) is 3.48. The van der Waals surface area contributed by atoms with Crippen molar-refractivity contribution in [2.24, 2.45) is 0 Å². The van der Waals surface area contributed by atoms with Gasteiger partial charge in [-0.2, -0.15) is 0 Å². The average Bonchev–Trinajstić information content (AvgIpc) is 2.07. The largest absolute Gasteiger partial charge is 0.379 e. The van der Waals surface area contributed by atoms with E-state index < -0.39 is 0 Å². The molecule has 76 valence electrons. The van der Waals surface area contributed by atoms with Crippen LogP contribution in [0, 0.1) is 13.8 Å². The van der Waals surface area contributed by atoms with Crippen molar-refractivity contribution in [2.45, 2.75) is 19.3 Å². The van der Waals surface area contributed by atoms with Gasteiger partial charge in [0.05, 0.1) is 18.6 Å². The van der Waals surface area contributed by atoms with Gasteiger partial charge in [0.25, 0.3) is 0 Å². The Hall–Kier alpha value is -0.530. The Balaban J connectivity index is 2.40. The zero-order valence-corrected chi connectivity index (χ0v) is 9.40. The van der Waals surface area contributed by atoms with Crippen molar-refractivity contribution in [2.75, 3.05) is 19.1 Å². The molecule has 2 rings (SSSR count). The summed E-state index contributed by atoms with van der Waals surface area (Å²) in [6.45, 7) is 5.79. The highest BCUT2D eigenvalue weighted by atomic mass is 35.5. The fourth-order valence-electron chi connectivity index (χ4n) is 2.06. The summed E-state index contributed by atoms with van der Waals surface area (Å²) in [6, 6.07) is 6.55. The molecule has 0 radical (unpaired) electrons. The van der Waals surface area contributed by atoms with Crippen molar-refractivity contribution >= 4 is 11.6 Å². The van der Waals surface area contributed by atoms with Gasteiger partial charge in [0.1, 0.15) is 0 Å². The van der Waals surface area contributed by atoms with E-state index in [-0.39, 0.29) is 5.41 Å². The van der Waals surface area contributed by atoms with Gasteiger partial charge in [-0.25, -0.2) is 0 Å². The monoisotopic (exact) mass is 210 g/mol. The maximum absolute atomic E-state index is 6.03. The summed E-state index contributed by atoms with van der Waals surface area (Å²) in [5.74, 6) is 0.650. The van der Waals surface area contributed by atoms with Crippen LogP contribution in [0.25, 0.3) is 0 Å². The Morgan fingerprint density at radius 3 is 2.50 bits per heavy atom. The van der Waals surface area contributed by atoms with E-state index in [4.69, 9.17) is 16.3 Å². The highest BCUT2D eigenvalue weighted by Gasteiger charge is 2.40.